The summed E-state index contributed by atoms with van der Waals surface area (Å²) < 4.78 is 0. The molecule has 0 spiro atoms. The second-order valence-electron chi connectivity index (χ2n) is 2.34. The van der Waals surface area contributed by atoms with Crippen LogP contribution in [0.15, 0.2) is 12.1 Å². The SMILES string of the molecule is O=CCc1cc(O)c(O)cc1O. The fraction of sp³-hybridized carbons (Fsp3) is 0.125. The van der Waals surface area contributed by atoms with Gasteiger partial charge in [0.05, 0.1) is 0 Å². The van der Waals surface area contributed by atoms with Crippen LogP contribution in [-0.4, -0.2) is 21.6 Å². The van der Waals surface area contributed by atoms with E-state index < -0.39 is 5.75 Å². The van der Waals surface area contributed by atoms with Crippen molar-refractivity contribution in [2.75, 3.05) is 0 Å². The van der Waals surface area contributed by atoms with Crippen molar-refractivity contribution in [3.05, 3.63) is 17.7 Å². The summed E-state index contributed by atoms with van der Waals surface area (Å²) in [5.41, 5.74) is 0.292. The van der Waals surface area contributed by atoms with Crippen LogP contribution in [0, 0.1) is 0 Å². The van der Waals surface area contributed by atoms with Gasteiger partial charge in [-0.25, -0.2) is 0 Å². The smallest absolute Gasteiger partial charge is 0.161 e. The Kier molecular flexibility index (Phi) is 2.19. The van der Waals surface area contributed by atoms with Crippen LogP contribution in [0.25, 0.3) is 0 Å². The molecule has 0 bridgehead atoms. The minimum Gasteiger partial charge on any atom is -0.508 e. The van der Waals surface area contributed by atoms with Gasteiger partial charge in [0.25, 0.3) is 0 Å². The summed E-state index contributed by atoms with van der Waals surface area (Å²) >= 11 is 0. The molecule has 4 nitrogen and oxygen atoms in total. The first-order valence-corrected chi connectivity index (χ1v) is 3.32. The molecule has 64 valence electrons. The molecule has 0 saturated carbocycles. The van der Waals surface area contributed by atoms with E-state index in [-0.39, 0.29) is 17.9 Å². The van der Waals surface area contributed by atoms with E-state index in [0.29, 0.717) is 11.8 Å². The van der Waals surface area contributed by atoms with Gasteiger partial charge in [-0.15, -0.1) is 0 Å². The Morgan fingerprint density at radius 1 is 1.08 bits per heavy atom. The van der Waals surface area contributed by atoms with Crippen LogP contribution in [0.2, 0.25) is 0 Å². The summed E-state index contributed by atoms with van der Waals surface area (Å²) in [5, 5.41) is 27.0. The number of rotatable bonds is 2. The van der Waals surface area contributed by atoms with E-state index >= 15 is 0 Å². The zero-order chi connectivity index (χ0) is 9.14. The number of carbonyl (C=O) groups excluding carboxylic acids is 1. The standard InChI is InChI=1S/C8H8O4/c9-2-1-5-3-7(11)8(12)4-6(5)10/h2-4,10-12H,1H2. The molecule has 0 atom stereocenters. The predicted molar refractivity (Wildman–Crippen MR) is 41.2 cm³/mol. The third-order valence-corrected chi connectivity index (χ3v) is 1.48. The molecule has 0 fully saturated rings. The van der Waals surface area contributed by atoms with Gasteiger partial charge in [0.2, 0.25) is 0 Å². The second-order valence-corrected chi connectivity index (χ2v) is 2.34. The van der Waals surface area contributed by atoms with Gasteiger partial charge in [0.15, 0.2) is 11.5 Å². The minimum absolute atomic E-state index is 0.0136. The maximum absolute atomic E-state index is 10.1. The van der Waals surface area contributed by atoms with Crippen molar-refractivity contribution in [1.29, 1.82) is 0 Å². The van der Waals surface area contributed by atoms with E-state index in [1.807, 2.05) is 0 Å². The fourth-order valence-corrected chi connectivity index (χ4v) is 0.862. The average molecular weight is 168 g/mol. The summed E-state index contributed by atoms with van der Waals surface area (Å²) in [6, 6.07) is 2.15. The van der Waals surface area contributed by atoms with Gasteiger partial charge in [0.1, 0.15) is 12.0 Å². The van der Waals surface area contributed by atoms with Crippen molar-refractivity contribution in [3.63, 3.8) is 0 Å². The molecule has 0 unspecified atom stereocenters. The van der Waals surface area contributed by atoms with Crippen LogP contribution in [-0.2, 0) is 11.2 Å². The molecule has 0 aliphatic heterocycles. The van der Waals surface area contributed by atoms with E-state index in [2.05, 4.69) is 0 Å². The lowest BCUT2D eigenvalue weighted by Gasteiger charge is -2.02. The molecule has 0 heterocycles. The fourth-order valence-electron chi connectivity index (χ4n) is 0.862. The Labute approximate surface area is 68.7 Å². The molecule has 4 heteroatoms. The van der Waals surface area contributed by atoms with Crippen molar-refractivity contribution in [1.82, 2.24) is 0 Å². The molecule has 12 heavy (non-hydrogen) atoms. The normalized spacial score (nSPS) is 9.67. The molecule has 1 rings (SSSR count). The minimum atomic E-state index is -0.401. The highest BCUT2D eigenvalue weighted by Crippen LogP contribution is 2.31. The number of hydrogen-bond donors (Lipinski definition) is 3. The number of carbonyl (C=O) groups is 1. The van der Waals surface area contributed by atoms with Crippen molar-refractivity contribution in [2.24, 2.45) is 0 Å². The lowest BCUT2D eigenvalue weighted by molar-refractivity contribution is -0.107. The third-order valence-electron chi connectivity index (χ3n) is 1.48. The molecule has 0 aliphatic rings. The molecule has 0 saturated heterocycles. The summed E-state index contributed by atoms with van der Waals surface area (Å²) in [4.78, 5) is 10.1. The van der Waals surface area contributed by atoms with Crippen LogP contribution in [0.5, 0.6) is 17.2 Å². The average Bonchev–Trinajstić information content (AvgIpc) is 2.01. The summed E-state index contributed by atoms with van der Waals surface area (Å²) in [6.07, 6.45) is 0.616. The van der Waals surface area contributed by atoms with Gasteiger partial charge < -0.3 is 20.1 Å². The van der Waals surface area contributed by atoms with Gasteiger partial charge >= 0.3 is 0 Å². The van der Waals surface area contributed by atoms with Crippen LogP contribution in [0.1, 0.15) is 5.56 Å². The molecule has 3 N–H and O–H groups in total. The van der Waals surface area contributed by atoms with Crippen LogP contribution in [0.3, 0.4) is 0 Å². The Balaban J connectivity index is 3.13. The number of hydrogen-bond acceptors (Lipinski definition) is 4. The third kappa shape index (κ3) is 1.47. The van der Waals surface area contributed by atoms with Gasteiger partial charge in [-0.3, -0.25) is 0 Å². The lowest BCUT2D eigenvalue weighted by atomic mass is 10.1. The van der Waals surface area contributed by atoms with Crippen LogP contribution in [0.4, 0.5) is 0 Å². The number of phenolic OH excluding ortho intramolecular Hbond substituents is 3. The molecule has 0 aliphatic carbocycles. The molecular weight excluding hydrogens is 160 g/mol. The molecule has 0 amide bonds. The summed E-state index contributed by atoms with van der Waals surface area (Å²) in [5.74, 6) is -0.941. The number of phenols is 3. The molecular formula is C8H8O4. The Morgan fingerprint density at radius 2 is 1.67 bits per heavy atom. The van der Waals surface area contributed by atoms with Crippen molar-refractivity contribution in [2.45, 2.75) is 6.42 Å². The number of aromatic hydroxyl groups is 3. The van der Waals surface area contributed by atoms with Gasteiger partial charge in [0, 0.05) is 18.1 Å². The molecule has 0 aromatic heterocycles. The quantitative estimate of drug-likeness (QED) is 0.342. The van der Waals surface area contributed by atoms with E-state index in [1.54, 1.807) is 0 Å². The van der Waals surface area contributed by atoms with Crippen LogP contribution < -0.4 is 0 Å². The van der Waals surface area contributed by atoms with E-state index in [4.69, 9.17) is 15.3 Å². The molecule has 1 aromatic rings. The summed E-state index contributed by atoms with van der Waals surface area (Å²) in [7, 11) is 0. The van der Waals surface area contributed by atoms with Gasteiger partial charge in [-0.1, -0.05) is 0 Å². The molecule has 0 radical (unpaired) electrons. The van der Waals surface area contributed by atoms with Crippen molar-refractivity contribution in [3.8, 4) is 17.2 Å². The first-order valence-electron chi connectivity index (χ1n) is 3.32. The van der Waals surface area contributed by atoms with Gasteiger partial charge in [-0.2, -0.15) is 0 Å². The summed E-state index contributed by atoms with van der Waals surface area (Å²) in [6.45, 7) is 0. The predicted octanol–water partition coefficient (Wildman–Crippen LogP) is 0.545. The first-order chi connectivity index (χ1) is 5.65. The zero-order valence-corrected chi connectivity index (χ0v) is 6.19. The zero-order valence-electron chi connectivity index (χ0n) is 6.19. The van der Waals surface area contributed by atoms with Crippen LogP contribution >= 0.6 is 0 Å². The van der Waals surface area contributed by atoms with E-state index in [0.717, 1.165) is 12.1 Å². The van der Waals surface area contributed by atoms with Gasteiger partial charge in [-0.05, 0) is 6.07 Å². The van der Waals surface area contributed by atoms with Crippen molar-refractivity contribution >= 4 is 6.29 Å². The van der Waals surface area contributed by atoms with E-state index in [1.165, 1.54) is 0 Å². The monoisotopic (exact) mass is 168 g/mol. The largest absolute Gasteiger partial charge is 0.508 e. The highest BCUT2D eigenvalue weighted by atomic mass is 16.3. The maximum atomic E-state index is 10.1. The second kappa shape index (κ2) is 3.13. The first kappa shape index (κ1) is 8.39. The Bertz CT molecular complexity index is 306. The topological polar surface area (TPSA) is 77.8 Å². The lowest BCUT2D eigenvalue weighted by Crippen LogP contribution is -1.86. The van der Waals surface area contributed by atoms with E-state index in [9.17, 15) is 4.79 Å². The highest BCUT2D eigenvalue weighted by Gasteiger charge is 2.06. The Hall–Kier alpha value is -1.71. The maximum Gasteiger partial charge on any atom is 0.161 e. The van der Waals surface area contributed by atoms with Crippen molar-refractivity contribution < 1.29 is 20.1 Å². The molecule has 1 aromatic carbocycles. The Morgan fingerprint density at radius 3 is 2.25 bits per heavy atom. The number of aldehydes is 1. The number of benzene rings is 1. The highest BCUT2D eigenvalue weighted by molar-refractivity contribution is 5.60.